The molecule has 0 aromatic heterocycles. The molecule has 2 nitrogen and oxygen atoms in total. The summed E-state index contributed by atoms with van der Waals surface area (Å²) in [4.78, 5) is 2.04. The van der Waals surface area contributed by atoms with Crippen LogP contribution in [-0.4, -0.2) is 19.2 Å². The van der Waals surface area contributed by atoms with Crippen molar-refractivity contribution < 1.29 is 5.11 Å². The molecule has 0 bridgehead atoms. The number of rotatable bonds is 3. The molecule has 1 rings (SSSR count). The fraction of sp³-hybridized carbons (Fsp3) is 0.333. The molecule has 0 aliphatic heterocycles. The minimum atomic E-state index is 0.312. The van der Waals surface area contributed by atoms with E-state index in [9.17, 15) is 5.11 Å². The molecule has 0 saturated heterocycles. The van der Waals surface area contributed by atoms with Crippen molar-refractivity contribution in [3.8, 4) is 5.75 Å². The van der Waals surface area contributed by atoms with Crippen molar-refractivity contribution in [3.05, 3.63) is 35.9 Å². The van der Waals surface area contributed by atoms with Crippen LogP contribution in [0.2, 0.25) is 0 Å². The summed E-state index contributed by atoms with van der Waals surface area (Å²) in [5, 5.41) is 9.38. The molecule has 0 amide bonds. The van der Waals surface area contributed by atoms with Gasteiger partial charge in [-0.1, -0.05) is 12.2 Å². The van der Waals surface area contributed by atoms with Crippen molar-refractivity contribution in [3.63, 3.8) is 0 Å². The average Bonchev–Trinajstić information content (AvgIpc) is 2.01. The minimum absolute atomic E-state index is 0.312. The zero-order valence-electron chi connectivity index (χ0n) is 9.04. The average molecular weight is 191 g/mol. The van der Waals surface area contributed by atoms with Crippen molar-refractivity contribution in [1.82, 2.24) is 0 Å². The van der Waals surface area contributed by atoms with Crippen LogP contribution in [0, 0.1) is 0 Å². The van der Waals surface area contributed by atoms with Crippen LogP contribution in [0.3, 0.4) is 0 Å². The Labute approximate surface area is 85.5 Å². The first-order valence-corrected chi connectivity index (χ1v) is 4.64. The van der Waals surface area contributed by atoms with Gasteiger partial charge in [0.1, 0.15) is 5.75 Å². The van der Waals surface area contributed by atoms with E-state index < -0.39 is 0 Å². The molecule has 0 atom stereocenters. The standard InChI is InChI=1S/C12H17NO/c1-9(2)7-10-8-11(14)5-6-12(10)13(3)4/h5-6,8,14H,1,7H2,2-4H3. The van der Waals surface area contributed by atoms with E-state index >= 15 is 0 Å². The maximum Gasteiger partial charge on any atom is 0.116 e. The molecule has 14 heavy (non-hydrogen) atoms. The van der Waals surface area contributed by atoms with Gasteiger partial charge in [0.2, 0.25) is 0 Å². The smallest absolute Gasteiger partial charge is 0.116 e. The summed E-state index contributed by atoms with van der Waals surface area (Å²) in [7, 11) is 3.99. The maximum absolute atomic E-state index is 9.38. The first-order chi connectivity index (χ1) is 6.50. The van der Waals surface area contributed by atoms with E-state index in [1.807, 2.05) is 32.0 Å². The SMILES string of the molecule is C=C(C)Cc1cc(O)ccc1N(C)C. The Bertz CT molecular complexity index is 342. The fourth-order valence-corrected chi connectivity index (χ4v) is 1.47. The Morgan fingerprint density at radius 3 is 2.57 bits per heavy atom. The van der Waals surface area contributed by atoms with Crippen LogP contribution in [0.1, 0.15) is 12.5 Å². The number of allylic oxidation sites excluding steroid dienone is 1. The Morgan fingerprint density at radius 1 is 1.43 bits per heavy atom. The summed E-state index contributed by atoms with van der Waals surface area (Å²) in [6, 6.07) is 5.43. The number of anilines is 1. The molecule has 0 aliphatic rings. The number of phenolic OH excluding ortho intramolecular Hbond substituents is 1. The molecule has 1 aromatic rings. The van der Waals surface area contributed by atoms with Gasteiger partial charge in [-0.3, -0.25) is 0 Å². The second-order valence-corrected chi connectivity index (χ2v) is 3.84. The molecule has 76 valence electrons. The summed E-state index contributed by atoms with van der Waals surface area (Å²) in [5.41, 5.74) is 3.34. The number of benzene rings is 1. The van der Waals surface area contributed by atoms with Gasteiger partial charge in [0.05, 0.1) is 0 Å². The normalized spacial score (nSPS) is 9.93. The van der Waals surface area contributed by atoms with Gasteiger partial charge in [0.15, 0.2) is 0 Å². The fourth-order valence-electron chi connectivity index (χ4n) is 1.47. The first-order valence-electron chi connectivity index (χ1n) is 4.64. The van der Waals surface area contributed by atoms with Gasteiger partial charge >= 0.3 is 0 Å². The monoisotopic (exact) mass is 191 g/mol. The number of hydrogen-bond donors (Lipinski definition) is 1. The molecule has 0 radical (unpaired) electrons. The molecule has 1 aromatic carbocycles. The van der Waals surface area contributed by atoms with E-state index in [2.05, 4.69) is 6.58 Å². The van der Waals surface area contributed by atoms with Gasteiger partial charge in [-0.15, -0.1) is 0 Å². The quantitative estimate of drug-likeness (QED) is 0.742. The minimum Gasteiger partial charge on any atom is -0.508 e. The highest BCUT2D eigenvalue weighted by atomic mass is 16.3. The molecule has 0 aliphatic carbocycles. The van der Waals surface area contributed by atoms with Gasteiger partial charge in [-0.2, -0.15) is 0 Å². The molecular weight excluding hydrogens is 174 g/mol. The Balaban J connectivity index is 3.09. The zero-order chi connectivity index (χ0) is 10.7. The highest BCUT2D eigenvalue weighted by Crippen LogP contribution is 2.25. The predicted molar refractivity (Wildman–Crippen MR) is 61.0 cm³/mol. The van der Waals surface area contributed by atoms with E-state index in [4.69, 9.17) is 0 Å². The summed E-state index contributed by atoms with van der Waals surface area (Å²) >= 11 is 0. The van der Waals surface area contributed by atoms with E-state index in [-0.39, 0.29) is 0 Å². The number of hydrogen-bond acceptors (Lipinski definition) is 2. The van der Waals surface area contributed by atoms with Crippen LogP contribution >= 0.6 is 0 Å². The lowest BCUT2D eigenvalue weighted by Gasteiger charge is -2.17. The van der Waals surface area contributed by atoms with Gasteiger partial charge in [-0.25, -0.2) is 0 Å². The molecule has 1 N–H and O–H groups in total. The molecule has 0 fully saturated rings. The molecule has 0 unspecified atom stereocenters. The van der Waals surface area contributed by atoms with Crippen molar-refractivity contribution >= 4 is 5.69 Å². The van der Waals surface area contributed by atoms with Crippen LogP contribution in [0.25, 0.3) is 0 Å². The predicted octanol–water partition coefficient (Wildman–Crippen LogP) is 2.58. The summed E-state index contributed by atoms with van der Waals surface area (Å²) in [6.07, 6.45) is 0.807. The van der Waals surface area contributed by atoms with Crippen LogP contribution in [0.15, 0.2) is 30.4 Å². The summed E-state index contributed by atoms with van der Waals surface area (Å²) in [6.45, 7) is 5.87. The number of aromatic hydroxyl groups is 1. The van der Waals surface area contributed by atoms with Crippen molar-refractivity contribution in [2.75, 3.05) is 19.0 Å². The summed E-state index contributed by atoms with van der Waals surface area (Å²) in [5.74, 6) is 0.312. The van der Waals surface area contributed by atoms with Gasteiger partial charge in [-0.05, 0) is 37.1 Å². The van der Waals surface area contributed by atoms with Crippen LogP contribution in [0.5, 0.6) is 5.75 Å². The van der Waals surface area contributed by atoms with Crippen LogP contribution in [-0.2, 0) is 6.42 Å². The first kappa shape index (κ1) is 10.6. The topological polar surface area (TPSA) is 23.5 Å². The van der Waals surface area contributed by atoms with Gasteiger partial charge < -0.3 is 10.0 Å². The lowest BCUT2D eigenvalue weighted by atomic mass is 10.0. The van der Waals surface area contributed by atoms with Crippen LogP contribution < -0.4 is 4.90 Å². The Kier molecular flexibility index (Phi) is 3.18. The van der Waals surface area contributed by atoms with E-state index in [1.165, 1.54) is 0 Å². The van der Waals surface area contributed by atoms with Gasteiger partial charge in [0, 0.05) is 19.8 Å². The Hall–Kier alpha value is -1.44. The molecular formula is C12H17NO. The highest BCUT2D eigenvalue weighted by molar-refractivity contribution is 5.56. The number of nitrogens with zero attached hydrogens (tertiary/aromatic N) is 1. The van der Waals surface area contributed by atoms with Crippen molar-refractivity contribution in [1.29, 1.82) is 0 Å². The lowest BCUT2D eigenvalue weighted by Crippen LogP contribution is -2.11. The van der Waals surface area contributed by atoms with E-state index in [0.29, 0.717) is 5.75 Å². The third kappa shape index (κ3) is 2.52. The molecule has 0 spiro atoms. The van der Waals surface area contributed by atoms with E-state index in [0.717, 1.165) is 23.2 Å². The van der Waals surface area contributed by atoms with Crippen LogP contribution in [0.4, 0.5) is 5.69 Å². The maximum atomic E-state index is 9.38. The largest absolute Gasteiger partial charge is 0.508 e. The number of phenols is 1. The summed E-state index contributed by atoms with van der Waals surface area (Å²) < 4.78 is 0. The molecule has 2 heteroatoms. The van der Waals surface area contributed by atoms with Crippen molar-refractivity contribution in [2.24, 2.45) is 0 Å². The second-order valence-electron chi connectivity index (χ2n) is 3.84. The molecule has 0 saturated carbocycles. The second kappa shape index (κ2) is 4.18. The van der Waals surface area contributed by atoms with Crippen molar-refractivity contribution in [2.45, 2.75) is 13.3 Å². The highest BCUT2D eigenvalue weighted by Gasteiger charge is 2.05. The third-order valence-electron chi connectivity index (χ3n) is 2.04. The third-order valence-corrected chi connectivity index (χ3v) is 2.04. The van der Waals surface area contributed by atoms with Gasteiger partial charge in [0.25, 0.3) is 0 Å². The Morgan fingerprint density at radius 2 is 2.07 bits per heavy atom. The zero-order valence-corrected chi connectivity index (χ0v) is 9.04. The molecule has 0 heterocycles. The van der Waals surface area contributed by atoms with E-state index in [1.54, 1.807) is 12.1 Å². The lowest BCUT2D eigenvalue weighted by molar-refractivity contribution is 0.474.